The molecule has 0 atom stereocenters. The molecule has 2 amide bonds. The van der Waals surface area contributed by atoms with Gasteiger partial charge in [0.25, 0.3) is 5.91 Å². The summed E-state index contributed by atoms with van der Waals surface area (Å²) >= 11 is 5.70. The fourth-order valence-corrected chi connectivity index (χ4v) is 1.16. The van der Waals surface area contributed by atoms with E-state index in [1.165, 1.54) is 12.1 Å². The molecular weight excluding hydrogens is 218 g/mol. The van der Waals surface area contributed by atoms with E-state index in [1.54, 1.807) is 6.07 Å². The van der Waals surface area contributed by atoms with Crippen LogP contribution in [0, 0.1) is 0 Å². The van der Waals surface area contributed by atoms with Crippen molar-refractivity contribution in [3.05, 3.63) is 28.8 Å². The van der Waals surface area contributed by atoms with Crippen LogP contribution in [0.4, 0.5) is 5.69 Å². The van der Waals surface area contributed by atoms with E-state index in [1.807, 2.05) is 0 Å². The Balaban J connectivity index is 2.81. The molecule has 5 N–H and O–H groups in total. The molecule has 0 aliphatic rings. The van der Waals surface area contributed by atoms with Crippen LogP contribution < -0.4 is 16.8 Å². The molecule has 1 aromatic carbocycles. The lowest BCUT2D eigenvalue weighted by atomic mass is 10.1. The van der Waals surface area contributed by atoms with Crippen molar-refractivity contribution in [3.8, 4) is 0 Å². The molecule has 0 unspecified atom stereocenters. The number of carbonyl (C=O) groups excluding carboxylic acids is 2. The van der Waals surface area contributed by atoms with Gasteiger partial charge in [-0.3, -0.25) is 9.59 Å². The van der Waals surface area contributed by atoms with Gasteiger partial charge >= 0.3 is 0 Å². The van der Waals surface area contributed by atoms with Gasteiger partial charge in [-0.2, -0.15) is 0 Å². The summed E-state index contributed by atoms with van der Waals surface area (Å²) in [5.41, 5.74) is 11.0. The van der Waals surface area contributed by atoms with E-state index in [0.29, 0.717) is 10.7 Å². The van der Waals surface area contributed by atoms with Gasteiger partial charge in [0.05, 0.1) is 12.1 Å². The van der Waals surface area contributed by atoms with Gasteiger partial charge in [0, 0.05) is 10.7 Å². The zero-order valence-electron chi connectivity index (χ0n) is 7.79. The van der Waals surface area contributed by atoms with Crippen LogP contribution in [0.25, 0.3) is 0 Å². The van der Waals surface area contributed by atoms with Crippen molar-refractivity contribution in [1.29, 1.82) is 0 Å². The third kappa shape index (κ3) is 3.14. The second-order valence-corrected chi connectivity index (χ2v) is 3.32. The lowest BCUT2D eigenvalue weighted by Crippen LogP contribution is -2.33. The zero-order valence-corrected chi connectivity index (χ0v) is 8.54. The molecule has 0 fully saturated rings. The highest BCUT2D eigenvalue weighted by atomic mass is 35.5. The van der Waals surface area contributed by atoms with E-state index >= 15 is 0 Å². The molecule has 80 valence electrons. The normalized spacial score (nSPS) is 9.67. The van der Waals surface area contributed by atoms with E-state index in [4.69, 9.17) is 23.1 Å². The summed E-state index contributed by atoms with van der Waals surface area (Å²) in [7, 11) is 0. The zero-order chi connectivity index (χ0) is 11.4. The maximum Gasteiger partial charge on any atom is 0.253 e. The number of hydrogen-bond donors (Lipinski definition) is 3. The molecule has 0 aliphatic heterocycles. The lowest BCUT2D eigenvalue weighted by molar-refractivity contribution is -0.117. The van der Waals surface area contributed by atoms with E-state index in [2.05, 4.69) is 5.32 Å². The van der Waals surface area contributed by atoms with Gasteiger partial charge in [-0.25, -0.2) is 0 Å². The van der Waals surface area contributed by atoms with Crippen LogP contribution >= 0.6 is 11.6 Å². The van der Waals surface area contributed by atoms with Crippen LogP contribution in [-0.4, -0.2) is 18.4 Å². The third-order valence-electron chi connectivity index (χ3n) is 1.68. The van der Waals surface area contributed by atoms with E-state index in [9.17, 15) is 9.59 Å². The molecule has 0 bridgehead atoms. The first-order valence-corrected chi connectivity index (χ1v) is 4.50. The first kappa shape index (κ1) is 11.3. The molecule has 0 saturated heterocycles. The number of halogens is 1. The average Bonchev–Trinajstić information content (AvgIpc) is 2.18. The highest BCUT2D eigenvalue weighted by Crippen LogP contribution is 2.17. The largest absolute Gasteiger partial charge is 0.398 e. The van der Waals surface area contributed by atoms with Crippen LogP contribution in [0.1, 0.15) is 10.4 Å². The number of anilines is 1. The van der Waals surface area contributed by atoms with Gasteiger partial charge in [0.2, 0.25) is 5.91 Å². The van der Waals surface area contributed by atoms with Crippen LogP contribution in [0.15, 0.2) is 18.2 Å². The highest BCUT2D eigenvalue weighted by molar-refractivity contribution is 6.31. The standard InChI is InChI=1S/C9H10ClN3O2/c10-5-1-2-7(11)6(3-5)9(15)13-4-8(12)14/h1-3H,4,11H2,(H2,12,14)(H,13,15). The quantitative estimate of drug-likeness (QED) is 0.641. The Kier molecular flexibility index (Phi) is 3.51. The molecule has 6 heteroatoms. The molecule has 0 aromatic heterocycles. The van der Waals surface area contributed by atoms with Gasteiger partial charge in [-0.15, -0.1) is 0 Å². The molecule has 1 aromatic rings. The van der Waals surface area contributed by atoms with Crippen molar-refractivity contribution >= 4 is 29.1 Å². The monoisotopic (exact) mass is 227 g/mol. The SMILES string of the molecule is NC(=O)CNC(=O)c1cc(Cl)ccc1N. The Bertz CT molecular complexity index is 406. The summed E-state index contributed by atoms with van der Waals surface area (Å²) in [6, 6.07) is 4.51. The van der Waals surface area contributed by atoms with Crippen LogP contribution in [0.2, 0.25) is 5.02 Å². The number of rotatable bonds is 3. The minimum Gasteiger partial charge on any atom is -0.398 e. The fourth-order valence-electron chi connectivity index (χ4n) is 0.988. The maximum atomic E-state index is 11.5. The van der Waals surface area contributed by atoms with E-state index in [-0.39, 0.29) is 12.1 Å². The summed E-state index contributed by atoms with van der Waals surface area (Å²) in [4.78, 5) is 21.9. The Labute approximate surface area is 91.4 Å². The Morgan fingerprint density at radius 1 is 1.40 bits per heavy atom. The van der Waals surface area contributed by atoms with Crippen molar-refractivity contribution in [3.63, 3.8) is 0 Å². The van der Waals surface area contributed by atoms with Gasteiger partial charge in [-0.1, -0.05) is 11.6 Å². The van der Waals surface area contributed by atoms with E-state index in [0.717, 1.165) is 0 Å². The van der Waals surface area contributed by atoms with Crippen molar-refractivity contribution in [2.24, 2.45) is 5.73 Å². The number of amides is 2. The maximum absolute atomic E-state index is 11.5. The van der Waals surface area contributed by atoms with Crippen LogP contribution in [-0.2, 0) is 4.79 Å². The summed E-state index contributed by atoms with van der Waals surface area (Å²) < 4.78 is 0. The first-order valence-electron chi connectivity index (χ1n) is 4.12. The average molecular weight is 228 g/mol. The summed E-state index contributed by atoms with van der Waals surface area (Å²) in [5.74, 6) is -1.10. The molecule has 5 nitrogen and oxygen atoms in total. The molecule has 0 heterocycles. The second kappa shape index (κ2) is 4.65. The molecule has 0 spiro atoms. The topological polar surface area (TPSA) is 98.2 Å². The second-order valence-electron chi connectivity index (χ2n) is 2.88. The fraction of sp³-hybridized carbons (Fsp3) is 0.111. The Morgan fingerprint density at radius 3 is 2.67 bits per heavy atom. The number of nitrogen functional groups attached to an aromatic ring is 1. The Morgan fingerprint density at radius 2 is 2.07 bits per heavy atom. The van der Waals surface area contributed by atoms with Crippen molar-refractivity contribution < 1.29 is 9.59 Å². The van der Waals surface area contributed by atoms with E-state index < -0.39 is 11.8 Å². The number of benzene rings is 1. The number of primary amides is 1. The van der Waals surface area contributed by atoms with Crippen molar-refractivity contribution in [1.82, 2.24) is 5.32 Å². The van der Waals surface area contributed by atoms with Gasteiger partial charge in [0.1, 0.15) is 0 Å². The minimum absolute atomic E-state index is 0.226. The predicted molar refractivity (Wildman–Crippen MR) is 57.4 cm³/mol. The third-order valence-corrected chi connectivity index (χ3v) is 1.92. The smallest absolute Gasteiger partial charge is 0.253 e. The number of nitrogens with one attached hydrogen (secondary N) is 1. The number of nitrogens with two attached hydrogens (primary N) is 2. The predicted octanol–water partition coefficient (Wildman–Crippen LogP) is 0.137. The van der Waals surface area contributed by atoms with Gasteiger partial charge in [0.15, 0.2) is 0 Å². The van der Waals surface area contributed by atoms with Crippen molar-refractivity contribution in [2.75, 3.05) is 12.3 Å². The molecule has 1 rings (SSSR count). The van der Waals surface area contributed by atoms with Gasteiger partial charge < -0.3 is 16.8 Å². The van der Waals surface area contributed by atoms with Gasteiger partial charge in [-0.05, 0) is 18.2 Å². The number of carbonyl (C=O) groups is 2. The summed E-state index contributed by atoms with van der Waals surface area (Å²) in [5, 5.41) is 2.71. The summed E-state index contributed by atoms with van der Waals surface area (Å²) in [6.07, 6.45) is 0. The van der Waals surface area contributed by atoms with Crippen molar-refractivity contribution in [2.45, 2.75) is 0 Å². The molecule has 0 radical (unpaired) electrons. The molecule has 15 heavy (non-hydrogen) atoms. The first-order chi connectivity index (χ1) is 7.00. The molecule has 0 saturated carbocycles. The summed E-state index contributed by atoms with van der Waals surface area (Å²) in [6.45, 7) is -0.231. The minimum atomic E-state index is -0.621. The Hall–Kier alpha value is -1.75. The molecule has 0 aliphatic carbocycles. The van der Waals surface area contributed by atoms with Crippen LogP contribution in [0.3, 0.4) is 0 Å². The molecular formula is C9H10ClN3O2. The number of hydrogen-bond acceptors (Lipinski definition) is 3. The van der Waals surface area contributed by atoms with Crippen LogP contribution in [0.5, 0.6) is 0 Å². The highest BCUT2D eigenvalue weighted by Gasteiger charge is 2.10. The lowest BCUT2D eigenvalue weighted by Gasteiger charge is -2.06.